The largest absolute Gasteiger partial charge is 0.388 e. The molecule has 0 fully saturated rings. The van der Waals surface area contributed by atoms with Crippen molar-refractivity contribution in [3.05, 3.63) is 42.5 Å². The SMILES string of the molecule is NC(=S)c1cccn1CCn1cccn1. The Morgan fingerprint density at radius 2 is 2.20 bits per heavy atom. The molecule has 2 aromatic rings. The summed E-state index contributed by atoms with van der Waals surface area (Å²) < 4.78 is 3.91. The fraction of sp³-hybridized carbons (Fsp3) is 0.200. The van der Waals surface area contributed by atoms with Crippen LogP contribution < -0.4 is 5.73 Å². The summed E-state index contributed by atoms with van der Waals surface area (Å²) in [6.07, 6.45) is 5.67. The van der Waals surface area contributed by atoms with Crippen LogP contribution >= 0.6 is 12.2 Å². The highest BCUT2D eigenvalue weighted by Crippen LogP contribution is 2.02. The second-order valence-corrected chi connectivity index (χ2v) is 3.66. The van der Waals surface area contributed by atoms with Gasteiger partial charge in [-0.05, 0) is 18.2 Å². The maximum absolute atomic E-state index is 5.60. The summed E-state index contributed by atoms with van der Waals surface area (Å²) in [5, 5.41) is 4.13. The van der Waals surface area contributed by atoms with Gasteiger partial charge in [-0.25, -0.2) is 0 Å². The van der Waals surface area contributed by atoms with Gasteiger partial charge in [0, 0.05) is 25.1 Å². The summed E-state index contributed by atoms with van der Waals surface area (Å²) in [5.74, 6) is 0. The quantitative estimate of drug-likeness (QED) is 0.783. The van der Waals surface area contributed by atoms with Crippen molar-refractivity contribution in [3.8, 4) is 0 Å². The van der Waals surface area contributed by atoms with Crippen LogP contribution in [0.4, 0.5) is 0 Å². The van der Waals surface area contributed by atoms with Crippen molar-refractivity contribution in [1.82, 2.24) is 14.3 Å². The lowest BCUT2D eigenvalue weighted by molar-refractivity contribution is 0.533. The van der Waals surface area contributed by atoms with E-state index in [1.165, 1.54) is 0 Å². The highest BCUT2D eigenvalue weighted by molar-refractivity contribution is 7.80. The number of aromatic nitrogens is 3. The van der Waals surface area contributed by atoms with Gasteiger partial charge < -0.3 is 10.3 Å². The number of hydrogen-bond donors (Lipinski definition) is 1. The van der Waals surface area contributed by atoms with Crippen molar-refractivity contribution in [2.75, 3.05) is 0 Å². The molecule has 78 valence electrons. The maximum atomic E-state index is 5.60. The summed E-state index contributed by atoms with van der Waals surface area (Å²) in [6.45, 7) is 1.64. The molecule has 0 aliphatic rings. The van der Waals surface area contributed by atoms with Gasteiger partial charge in [0.25, 0.3) is 0 Å². The van der Waals surface area contributed by atoms with Gasteiger partial charge in [-0.1, -0.05) is 12.2 Å². The van der Waals surface area contributed by atoms with Gasteiger partial charge in [-0.3, -0.25) is 4.68 Å². The standard InChI is InChI=1S/C10H12N4S/c11-10(15)9-3-1-5-13(9)7-8-14-6-2-4-12-14/h1-6H,7-8H2,(H2,11,15). The summed E-state index contributed by atoms with van der Waals surface area (Å²) in [4.78, 5) is 0.431. The van der Waals surface area contributed by atoms with Gasteiger partial charge in [0.15, 0.2) is 0 Å². The zero-order chi connectivity index (χ0) is 10.7. The Balaban J connectivity index is 2.05. The Hall–Kier alpha value is -1.62. The molecular weight excluding hydrogens is 208 g/mol. The zero-order valence-electron chi connectivity index (χ0n) is 8.21. The van der Waals surface area contributed by atoms with E-state index in [1.807, 2.05) is 39.8 Å². The molecule has 0 amide bonds. The van der Waals surface area contributed by atoms with Crippen LogP contribution in [0.2, 0.25) is 0 Å². The second-order valence-electron chi connectivity index (χ2n) is 3.22. The molecule has 5 heteroatoms. The molecule has 2 N–H and O–H groups in total. The average Bonchev–Trinajstić information content (AvgIpc) is 2.86. The molecule has 0 atom stereocenters. The smallest absolute Gasteiger partial charge is 0.120 e. The van der Waals surface area contributed by atoms with E-state index >= 15 is 0 Å². The van der Waals surface area contributed by atoms with Gasteiger partial charge in [0.05, 0.1) is 12.2 Å². The lowest BCUT2D eigenvalue weighted by atomic mass is 10.4. The average molecular weight is 220 g/mol. The number of nitrogens with zero attached hydrogens (tertiary/aromatic N) is 3. The Bertz CT molecular complexity index is 444. The van der Waals surface area contributed by atoms with E-state index < -0.39 is 0 Å². The van der Waals surface area contributed by atoms with E-state index in [2.05, 4.69) is 5.10 Å². The fourth-order valence-corrected chi connectivity index (χ4v) is 1.66. The van der Waals surface area contributed by atoms with Crippen LogP contribution in [0.5, 0.6) is 0 Å². The van der Waals surface area contributed by atoms with E-state index in [9.17, 15) is 0 Å². The Morgan fingerprint density at radius 3 is 2.87 bits per heavy atom. The van der Waals surface area contributed by atoms with E-state index in [0.29, 0.717) is 4.99 Å². The highest BCUT2D eigenvalue weighted by Gasteiger charge is 2.02. The third kappa shape index (κ3) is 2.24. The Labute approximate surface area is 93.3 Å². The van der Waals surface area contributed by atoms with Crippen LogP contribution in [-0.2, 0) is 13.1 Å². The Kier molecular flexibility index (Phi) is 2.82. The molecule has 2 heterocycles. The van der Waals surface area contributed by atoms with Crippen molar-refractivity contribution < 1.29 is 0 Å². The van der Waals surface area contributed by atoms with Crippen LogP contribution in [0.1, 0.15) is 5.69 Å². The van der Waals surface area contributed by atoms with Crippen molar-refractivity contribution in [1.29, 1.82) is 0 Å². The van der Waals surface area contributed by atoms with Crippen molar-refractivity contribution in [3.63, 3.8) is 0 Å². The van der Waals surface area contributed by atoms with Crippen molar-refractivity contribution in [2.45, 2.75) is 13.1 Å². The van der Waals surface area contributed by atoms with Gasteiger partial charge in [-0.15, -0.1) is 0 Å². The molecule has 0 aliphatic carbocycles. The number of thiocarbonyl (C=S) groups is 1. The maximum Gasteiger partial charge on any atom is 0.120 e. The van der Waals surface area contributed by atoms with Crippen LogP contribution in [0.3, 0.4) is 0 Å². The van der Waals surface area contributed by atoms with E-state index in [0.717, 1.165) is 18.8 Å². The summed E-state index contributed by atoms with van der Waals surface area (Å²) >= 11 is 4.95. The summed E-state index contributed by atoms with van der Waals surface area (Å²) in [6, 6.07) is 5.77. The predicted molar refractivity (Wildman–Crippen MR) is 62.5 cm³/mol. The van der Waals surface area contributed by atoms with Crippen LogP contribution in [0, 0.1) is 0 Å². The molecule has 0 saturated heterocycles. The monoisotopic (exact) mass is 220 g/mol. The van der Waals surface area contributed by atoms with Crippen LogP contribution in [0.25, 0.3) is 0 Å². The molecule has 0 aromatic carbocycles. The third-order valence-electron chi connectivity index (χ3n) is 2.21. The molecule has 0 bridgehead atoms. The first kappa shape index (κ1) is 9.92. The van der Waals surface area contributed by atoms with Crippen LogP contribution in [-0.4, -0.2) is 19.3 Å². The number of hydrogen-bond acceptors (Lipinski definition) is 2. The lowest BCUT2D eigenvalue weighted by Gasteiger charge is -2.07. The van der Waals surface area contributed by atoms with Crippen LogP contribution in [0.15, 0.2) is 36.8 Å². The molecule has 0 radical (unpaired) electrons. The Morgan fingerprint density at radius 1 is 1.33 bits per heavy atom. The molecular formula is C10H12N4S. The number of rotatable bonds is 4. The molecule has 2 aromatic heterocycles. The number of nitrogens with two attached hydrogens (primary N) is 1. The minimum Gasteiger partial charge on any atom is -0.388 e. The van der Waals surface area contributed by atoms with Crippen molar-refractivity contribution in [2.24, 2.45) is 5.73 Å². The first-order valence-electron chi connectivity index (χ1n) is 4.70. The van der Waals surface area contributed by atoms with Gasteiger partial charge in [-0.2, -0.15) is 5.10 Å². The van der Waals surface area contributed by atoms with Crippen molar-refractivity contribution >= 4 is 17.2 Å². The van der Waals surface area contributed by atoms with Gasteiger partial charge >= 0.3 is 0 Å². The normalized spacial score (nSPS) is 10.4. The molecule has 0 spiro atoms. The van der Waals surface area contributed by atoms with Gasteiger partial charge in [0.1, 0.15) is 4.99 Å². The molecule has 2 rings (SSSR count). The topological polar surface area (TPSA) is 48.8 Å². The first-order valence-corrected chi connectivity index (χ1v) is 5.10. The minimum absolute atomic E-state index is 0.431. The first-order chi connectivity index (χ1) is 7.27. The number of aryl methyl sites for hydroxylation is 2. The minimum atomic E-state index is 0.431. The molecule has 0 aliphatic heterocycles. The zero-order valence-corrected chi connectivity index (χ0v) is 9.02. The molecule has 0 unspecified atom stereocenters. The summed E-state index contributed by atoms with van der Waals surface area (Å²) in [5.41, 5.74) is 6.50. The summed E-state index contributed by atoms with van der Waals surface area (Å²) in [7, 11) is 0. The second kappa shape index (κ2) is 4.27. The van der Waals surface area contributed by atoms with E-state index in [4.69, 9.17) is 18.0 Å². The van der Waals surface area contributed by atoms with Gasteiger partial charge in [0.2, 0.25) is 0 Å². The molecule has 0 saturated carbocycles. The lowest BCUT2D eigenvalue weighted by Crippen LogP contribution is -2.17. The third-order valence-corrected chi connectivity index (χ3v) is 2.42. The van der Waals surface area contributed by atoms with E-state index in [-0.39, 0.29) is 0 Å². The molecule has 15 heavy (non-hydrogen) atoms. The fourth-order valence-electron chi connectivity index (χ4n) is 1.48. The van der Waals surface area contributed by atoms with E-state index in [1.54, 1.807) is 6.20 Å². The molecule has 4 nitrogen and oxygen atoms in total. The highest BCUT2D eigenvalue weighted by atomic mass is 32.1. The predicted octanol–water partition coefficient (Wildman–Crippen LogP) is 1.02.